The van der Waals surface area contributed by atoms with Gasteiger partial charge >= 0.3 is 11.9 Å². The van der Waals surface area contributed by atoms with Crippen molar-refractivity contribution in [3.63, 3.8) is 0 Å². The first-order chi connectivity index (χ1) is 18.1. The van der Waals surface area contributed by atoms with Crippen LogP contribution in [0.5, 0.6) is 11.5 Å². The summed E-state index contributed by atoms with van der Waals surface area (Å²) in [4.78, 5) is 23.0. The van der Waals surface area contributed by atoms with Gasteiger partial charge in [-0.25, -0.2) is 18.0 Å². The van der Waals surface area contributed by atoms with Gasteiger partial charge in [0.25, 0.3) is 0 Å². The van der Waals surface area contributed by atoms with Crippen LogP contribution in [0.3, 0.4) is 0 Å². The van der Waals surface area contributed by atoms with E-state index in [1.807, 2.05) is 6.92 Å². The summed E-state index contributed by atoms with van der Waals surface area (Å²) < 4.78 is 38.5. The van der Waals surface area contributed by atoms with Crippen molar-refractivity contribution in [2.75, 3.05) is 26.3 Å². The van der Waals surface area contributed by atoms with Gasteiger partial charge in [-0.2, -0.15) is 4.31 Å². The molecule has 0 amide bonds. The summed E-state index contributed by atoms with van der Waals surface area (Å²) in [5.74, 6) is -1.99. The molecule has 1 saturated heterocycles. The number of halogens is 1. The number of carboxylic acids is 2. The summed E-state index contributed by atoms with van der Waals surface area (Å²) in [5, 5.41) is 18.4. The molecule has 2 aromatic carbocycles. The van der Waals surface area contributed by atoms with Gasteiger partial charge in [-0.1, -0.05) is 41.4 Å². The van der Waals surface area contributed by atoms with Crippen LogP contribution in [0.15, 0.2) is 53.4 Å². The number of piperidine rings is 1. The molecule has 0 spiro atoms. The van der Waals surface area contributed by atoms with Crippen LogP contribution in [0.4, 0.5) is 0 Å². The normalized spacial score (nSPS) is 14.8. The highest BCUT2D eigenvalue weighted by atomic mass is 35.5. The number of hydrogen-bond acceptors (Lipinski definition) is 7. The highest BCUT2D eigenvalue weighted by Gasteiger charge is 2.30. The molecule has 0 radical (unpaired) electrons. The number of benzene rings is 2. The Morgan fingerprint density at radius 2 is 1.76 bits per heavy atom. The largest absolute Gasteiger partial charge is 0.493 e. The third-order valence-electron chi connectivity index (χ3n) is 6.16. The maximum atomic E-state index is 12.9. The quantitative estimate of drug-likeness (QED) is 0.342. The molecule has 2 heterocycles. The number of nitrogens with zero attached hydrogens (tertiary/aromatic N) is 1. The molecular weight excluding hydrogens is 554 g/mol. The Labute approximate surface area is 229 Å². The number of aromatic carboxylic acids is 1. The van der Waals surface area contributed by atoms with Gasteiger partial charge in [0.1, 0.15) is 10.8 Å². The molecule has 1 aliphatic rings. The van der Waals surface area contributed by atoms with Crippen LogP contribution in [0, 0.1) is 12.8 Å². The topological polar surface area (TPSA) is 130 Å². The smallest absolute Gasteiger partial charge is 0.349 e. The summed E-state index contributed by atoms with van der Waals surface area (Å²) in [6, 6.07) is 13.8. The Hall–Kier alpha value is -3.12. The zero-order valence-electron chi connectivity index (χ0n) is 20.4. The van der Waals surface area contributed by atoms with Crippen molar-refractivity contribution >= 4 is 44.9 Å². The molecule has 1 fully saturated rings. The first-order valence-electron chi connectivity index (χ1n) is 11.8. The van der Waals surface area contributed by atoms with Crippen LogP contribution < -0.4 is 9.47 Å². The molecule has 0 saturated carbocycles. The summed E-state index contributed by atoms with van der Waals surface area (Å²) >= 11 is 7.27. The average molecular weight is 580 g/mol. The lowest BCUT2D eigenvalue weighted by Crippen LogP contribution is -2.39. The molecule has 0 unspecified atom stereocenters. The minimum atomic E-state index is -3.53. The van der Waals surface area contributed by atoms with E-state index in [0.29, 0.717) is 53.6 Å². The van der Waals surface area contributed by atoms with E-state index in [9.17, 15) is 23.1 Å². The molecule has 0 atom stereocenters. The fourth-order valence-electron chi connectivity index (χ4n) is 4.10. The van der Waals surface area contributed by atoms with E-state index in [0.717, 1.165) is 16.9 Å². The Kier molecular flexibility index (Phi) is 8.61. The van der Waals surface area contributed by atoms with E-state index in [1.54, 1.807) is 48.5 Å². The number of aryl methyl sites for hydroxylation is 1. The number of sulfonamides is 1. The van der Waals surface area contributed by atoms with Crippen LogP contribution in [0.25, 0.3) is 10.4 Å². The SMILES string of the molecule is Cc1ccc(S(=O)(=O)N2CCC(COc3cccc(-c4sc(C(=O)O)c(OCC(=O)O)c4Cl)c3)CC2)cc1. The zero-order valence-corrected chi connectivity index (χ0v) is 22.8. The van der Waals surface area contributed by atoms with E-state index in [-0.39, 0.29) is 21.6 Å². The van der Waals surface area contributed by atoms with Crippen LogP contribution >= 0.6 is 22.9 Å². The van der Waals surface area contributed by atoms with Gasteiger partial charge in [-0.3, -0.25) is 0 Å². The second-order valence-electron chi connectivity index (χ2n) is 8.89. The molecule has 1 aliphatic heterocycles. The maximum absolute atomic E-state index is 12.9. The number of thiophene rings is 1. The lowest BCUT2D eigenvalue weighted by atomic mass is 9.99. The molecular formula is C26H26ClNO8S2. The number of carbonyl (C=O) groups is 2. The monoisotopic (exact) mass is 579 g/mol. The van der Waals surface area contributed by atoms with Crippen LogP contribution in [-0.4, -0.2) is 61.2 Å². The van der Waals surface area contributed by atoms with Gasteiger partial charge in [-0.05, 0) is 55.5 Å². The van der Waals surface area contributed by atoms with Crippen LogP contribution in [0.2, 0.25) is 5.02 Å². The van der Waals surface area contributed by atoms with Crippen LogP contribution in [-0.2, 0) is 14.8 Å². The number of aliphatic carboxylic acids is 1. The average Bonchev–Trinajstić information content (AvgIpc) is 3.23. The molecule has 3 aromatic rings. The lowest BCUT2D eigenvalue weighted by molar-refractivity contribution is -0.139. The second-order valence-corrected chi connectivity index (χ2v) is 12.2. The van der Waals surface area contributed by atoms with Crippen molar-refractivity contribution in [1.82, 2.24) is 4.31 Å². The molecule has 202 valence electrons. The molecule has 38 heavy (non-hydrogen) atoms. The second kappa shape index (κ2) is 11.7. The van der Waals surface area contributed by atoms with Crippen molar-refractivity contribution in [1.29, 1.82) is 0 Å². The van der Waals surface area contributed by atoms with E-state index in [1.165, 1.54) is 4.31 Å². The highest BCUT2D eigenvalue weighted by Crippen LogP contribution is 2.46. The first kappa shape index (κ1) is 27.9. The summed E-state index contributed by atoms with van der Waals surface area (Å²) in [7, 11) is -3.53. The summed E-state index contributed by atoms with van der Waals surface area (Å²) in [6.45, 7) is 2.41. The summed E-state index contributed by atoms with van der Waals surface area (Å²) in [6.07, 6.45) is 1.32. The predicted molar refractivity (Wildman–Crippen MR) is 143 cm³/mol. The summed E-state index contributed by atoms with van der Waals surface area (Å²) in [5.41, 5.74) is 1.60. The predicted octanol–water partition coefficient (Wildman–Crippen LogP) is 5.02. The minimum Gasteiger partial charge on any atom is -0.493 e. The third kappa shape index (κ3) is 6.29. The van der Waals surface area contributed by atoms with Gasteiger partial charge in [-0.15, -0.1) is 11.3 Å². The van der Waals surface area contributed by atoms with Gasteiger partial charge < -0.3 is 19.7 Å². The molecule has 1 aromatic heterocycles. The van der Waals surface area contributed by atoms with Crippen LogP contribution in [0.1, 0.15) is 28.1 Å². The van der Waals surface area contributed by atoms with Gasteiger partial charge in [0.2, 0.25) is 10.0 Å². The number of rotatable bonds is 10. The molecule has 9 nitrogen and oxygen atoms in total. The van der Waals surface area contributed by atoms with Gasteiger partial charge in [0, 0.05) is 13.1 Å². The van der Waals surface area contributed by atoms with E-state index < -0.39 is 28.6 Å². The highest BCUT2D eigenvalue weighted by molar-refractivity contribution is 7.89. The fraction of sp³-hybridized carbons (Fsp3) is 0.308. The van der Waals surface area contributed by atoms with Crippen molar-refractivity contribution in [3.05, 3.63) is 64.0 Å². The Balaban J connectivity index is 1.40. The van der Waals surface area contributed by atoms with E-state index in [4.69, 9.17) is 26.2 Å². The van der Waals surface area contributed by atoms with Gasteiger partial charge in [0.05, 0.1) is 16.4 Å². The molecule has 0 bridgehead atoms. The number of carboxylic acid groups (broad SMARTS) is 2. The van der Waals surface area contributed by atoms with Gasteiger partial charge in [0.15, 0.2) is 17.2 Å². The first-order valence-corrected chi connectivity index (χ1v) is 14.4. The van der Waals surface area contributed by atoms with Crippen molar-refractivity contribution in [3.8, 4) is 21.9 Å². The minimum absolute atomic E-state index is 0.0213. The Morgan fingerprint density at radius 3 is 2.39 bits per heavy atom. The van der Waals surface area contributed by atoms with Crippen molar-refractivity contribution < 1.29 is 37.7 Å². The fourth-order valence-corrected chi connectivity index (χ4v) is 6.97. The molecule has 12 heteroatoms. The third-order valence-corrected chi connectivity index (χ3v) is 9.75. The Bertz CT molecular complexity index is 1430. The number of hydrogen-bond donors (Lipinski definition) is 2. The standard InChI is InChI=1S/C26H26ClNO8S2/c1-16-5-7-20(8-6-16)38(33,34)28-11-9-17(10-12-28)14-35-19-4-2-3-18(13-19)24-22(27)23(36-15-21(29)30)25(37-24)26(31)32/h2-8,13,17H,9-12,14-15H2,1H3,(H,29,30)(H,31,32). The zero-order chi connectivity index (χ0) is 27.4. The molecule has 0 aliphatic carbocycles. The van der Waals surface area contributed by atoms with Crippen molar-refractivity contribution in [2.45, 2.75) is 24.7 Å². The van der Waals surface area contributed by atoms with E-state index in [2.05, 4.69) is 0 Å². The lowest BCUT2D eigenvalue weighted by Gasteiger charge is -2.31. The van der Waals surface area contributed by atoms with Crippen molar-refractivity contribution in [2.24, 2.45) is 5.92 Å². The number of ether oxygens (including phenoxy) is 2. The Morgan fingerprint density at radius 1 is 1.08 bits per heavy atom. The maximum Gasteiger partial charge on any atom is 0.349 e. The van der Waals surface area contributed by atoms with E-state index >= 15 is 0 Å². The molecule has 4 rings (SSSR count). The molecule has 2 N–H and O–H groups in total.